The van der Waals surface area contributed by atoms with Crippen molar-refractivity contribution in [3.63, 3.8) is 0 Å². The van der Waals surface area contributed by atoms with Crippen LogP contribution in [-0.4, -0.2) is 12.3 Å². The van der Waals surface area contributed by atoms with Crippen LogP contribution in [0.2, 0.25) is 0 Å². The van der Waals surface area contributed by atoms with Crippen LogP contribution in [0.1, 0.15) is 19.8 Å². The third kappa shape index (κ3) is 1.14. The smallest absolute Gasteiger partial charge is 0.132 e. The number of hydrogen-bond donors (Lipinski definition) is 1. The third-order valence-electron chi connectivity index (χ3n) is 1.19. The maximum atomic E-state index is 5.33. The van der Waals surface area contributed by atoms with Crippen LogP contribution in [0.3, 0.4) is 0 Å². The van der Waals surface area contributed by atoms with Crippen molar-refractivity contribution in [3.05, 3.63) is 0 Å². The van der Waals surface area contributed by atoms with Gasteiger partial charge in [-0.15, -0.1) is 0 Å². The van der Waals surface area contributed by atoms with Crippen LogP contribution in [-0.2, 0) is 4.74 Å². The van der Waals surface area contributed by atoms with Crippen LogP contribution < -0.4 is 5.73 Å². The molecule has 1 rings (SSSR count). The fraction of sp³-hybridized carbons (Fsp3) is 1.00. The van der Waals surface area contributed by atoms with Crippen LogP contribution in [0.4, 0.5) is 0 Å². The van der Waals surface area contributed by atoms with Crippen molar-refractivity contribution in [1.29, 1.82) is 0 Å². The van der Waals surface area contributed by atoms with Crippen molar-refractivity contribution in [2.24, 2.45) is 5.73 Å². The highest BCUT2D eigenvalue weighted by molar-refractivity contribution is 4.77. The zero-order chi connectivity index (χ0) is 5.28. The van der Waals surface area contributed by atoms with Crippen LogP contribution >= 0.6 is 0 Å². The van der Waals surface area contributed by atoms with Gasteiger partial charge in [-0.05, 0) is 6.42 Å². The third-order valence-corrected chi connectivity index (χ3v) is 1.19. The summed E-state index contributed by atoms with van der Waals surface area (Å²) in [5.41, 5.74) is 5.33. The molecule has 0 amide bonds. The molecule has 1 saturated heterocycles. The predicted molar refractivity (Wildman–Crippen MR) is 27.8 cm³/mol. The largest absolute Gasteiger partial charge is 0.353 e. The summed E-state index contributed by atoms with van der Waals surface area (Å²) < 4.78 is 4.94. The van der Waals surface area contributed by atoms with Gasteiger partial charge in [0.15, 0.2) is 0 Å². The van der Waals surface area contributed by atoms with E-state index in [1.807, 2.05) is 0 Å². The number of nitrogens with two attached hydrogens (primary N) is 1. The number of epoxide rings is 1. The molecule has 0 aromatic carbocycles. The molecule has 2 nitrogen and oxygen atoms in total. The normalized spacial score (nSPS) is 38.6. The summed E-state index contributed by atoms with van der Waals surface area (Å²) in [4.78, 5) is 0. The maximum Gasteiger partial charge on any atom is 0.132 e. The molecule has 0 spiro atoms. The SMILES string of the molecule is CCCC1O[C@@H]1N. The van der Waals surface area contributed by atoms with E-state index < -0.39 is 0 Å². The van der Waals surface area contributed by atoms with Gasteiger partial charge in [-0.25, -0.2) is 0 Å². The first-order valence-electron chi connectivity index (χ1n) is 2.75. The molecule has 2 N–H and O–H groups in total. The van der Waals surface area contributed by atoms with Gasteiger partial charge in [0.05, 0.1) is 6.10 Å². The Balaban J connectivity index is 1.98. The van der Waals surface area contributed by atoms with E-state index in [1.54, 1.807) is 0 Å². The number of hydrogen-bond acceptors (Lipinski definition) is 2. The summed E-state index contributed by atoms with van der Waals surface area (Å²) in [6.07, 6.45) is 2.77. The molecule has 42 valence electrons. The highest BCUT2D eigenvalue weighted by atomic mass is 16.6. The quantitative estimate of drug-likeness (QED) is 0.513. The minimum atomic E-state index is 0.0694. The van der Waals surface area contributed by atoms with Crippen LogP contribution in [0.25, 0.3) is 0 Å². The van der Waals surface area contributed by atoms with Gasteiger partial charge < -0.3 is 10.5 Å². The van der Waals surface area contributed by atoms with E-state index >= 15 is 0 Å². The van der Waals surface area contributed by atoms with E-state index in [4.69, 9.17) is 10.5 Å². The Labute approximate surface area is 43.6 Å². The molecule has 0 aliphatic carbocycles. The van der Waals surface area contributed by atoms with E-state index in [-0.39, 0.29) is 6.23 Å². The van der Waals surface area contributed by atoms with Crippen LogP contribution in [0.5, 0.6) is 0 Å². The minimum Gasteiger partial charge on any atom is -0.353 e. The number of rotatable bonds is 2. The topological polar surface area (TPSA) is 38.5 Å². The fourth-order valence-corrected chi connectivity index (χ4v) is 0.673. The lowest BCUT2D eigenvalue weighted by atomic mass is 10.2. The van der Waals surface area contributed by atoms with E-state index in [2.05, 4.69) is 6.92 Å². The van der Waals surface area contributed by atoms with Crippen molar-refractivity contribution >= 4 is 0 Å². The Bertz CT molecular complexity index is 65.1. The average molecular weight is 101 g/mol. The first kappa shape index (κ1) is 5.06. The summed E-state index contributed by atoms with van der Waals surface area (Å²) in [5.74, 6) is 0. The summed E-state index contributed by atoms with van der Waals surface area (Å²) >= 11 is 0. The molecule has 0 aromatic rings. The van der Waals surface area contributed by atoms with Crippen molar-refractivity contribution in [2.45, 2.75) is 32.1 Å². The van der Waals surface area contributed by atoms with Crippen molar-refractivity contribution in [3.8, 4) is 0 Å². The van der Waals surface area contributed by atoms with Gasteiger partial charge in [-0.2, -0.15) is 0 Å². The molecule has 1 fully saturated rings. The second-order valence-corrected chi connectivity index (χ2v) is 1.93. The zero-order valence-electron chi connectivity index (χ0n) is 4.55. The fourth-order valence-electron chi connectivity index (χ4n) is 0.673. The van der Waals surface area contributed by atoms with Gasteiger partial charge in [-0.3, -0.25) is 0 Å². The molecule has 0 saturated carbocycles. The summed E-state index contributed by atoms with van der Waals surface area (Å²) in [6.45, 7) is 2.13. The monoisotopic (exact) mass is 101 g/mol. The maximum absolute atomic E-state index is 5.33. The van der Waals surface area contributed by atoms with E-state index in [0.29, 0.717) is 6.10 Å². The van der Waals surface area contributed by atoms with E-state index in [1.165, 1.54) is 6.42 Å². The van der Waals surface area contributed by atoms with Crippen LogP contribution in [0, 0.1) is 0 Å². The van der Waals surface area contributed by atoms with Gasteiger partial charge in [-0.1, -0.05) is 13.3 Å². The first-order chi connectivity index (χ1) is 3.34. The zero-order valence-corrected chi connectivity index (χ0v) is 4.55. The van der Waals surface area contributed by atoms with Gasteiger partial charge >= 0.3 is 0 Å². The molecular formula is C5H11NO. The second kappa shape index (κ2) is 1.80. The van der Waals surface area contributed by atoms with Crippen molar-refractivity contribution in [2.75, 3.05) is 0 Å². The molecule has 7 heavy (non-hydrogen) atoms. The molecular weight excluding hydrogens is 90.1 g/mol. The Morgan fingerprint density at radius 3 is 2.43 bits per heavy atom. The lowest BCUT2D eigenvalue weighted by Gasteiger charge is -1.81. The molecule has 0 radical (unpaired) electrons. The van der Waals surface area contributed by atoms with Gasteiger partial charge in [0.1, 0.15) is 6.23 Å². The second-order valence-electron chi connectivity index (χ2n) is 1.93. The molecule has 1 aliphatic heterocycles. The highest BCUT2D eigenvalue weighted by Gasteiger charge is 2.33. The lowest BCUT2D eigenvalue weighted by molar-refractivity contribution is 0.364. The summed E-state index contributed by atoms with van der Waals surface area (Å²) in [7, 11) is 0. The molecule has 0 aromatic heterocycles. The lowest BCUT2D eigenvalue weighted by Crippen LogP contribution is -2.04. The molecule has 0 bridgehead atoms. The standard InChI is InChI=1S/C5H11NO/c1-2-3-4-5(6)7-4/h4-5H,2-3,6H2,1H3/t4?,5-/m0/s1. The molecule has 2 heteroatoms. The highest BCUT2D eigenvalue weighted by Crippen LogP contribution is 2.20. The summed E-state index contributed by atoms with van der Waals surface area (Å²) in [6, 6.07) is 0. The summed E-state index contributed by atoms with van der Waals surface area (Å²) in [5, 5.41) is 0. The molecule has 2 atom stereocenters. The van der Waals surface area contributed by atoms with Gasteiger partial charge in [0, 0.05) is 0 Å². The first-order valence-corrected chi connectivity index (χ1v) is 2.75. The number of ether oxygens (including phenoxy) is 1. The molecule has 1 unspecified atom stereocenters. The van der Waals surface area contributed by atoms with Gasteiger partial charge in [0.25, 0.3) is 0 Å². The van der Waals surface area contributed by atoms with E-state index in [9.17, 15) is 0 Å². The minimum absolute atomic E-state index is 0.0694. The molecule has 1 aliphatic rings. The molecule has 1 heterocycles. The van der Waals surface area contributed by atoms with Crippen molar-refractivity contribution in [1.82, 2.24) is 0 Å². The Morgan fingerprint density at radius 1 is 1.71 bits per heavy atom. The Morgan fingerprint density at radius 2 is 2.29 bits per heavy atom. The predicted octanol–water partition coefficient (Wildman–Crippen LogP) is 0.470. The Hall–Kier alpha value is -0.0800. The van der Waals surface area contributed by atoms with Gasteiger partial charge in [0.2, 0.25) is 0 Å². The van der Waals surface area contributed by atoms with Crippen LogP contribution in [0.15, 0.2) is 0 Å². The van der Waals surface area contributed by atoms with E-state index in [0.717, 1.165) is 6.42 Å². The Kier molecular flexibility index (Phi) is 1.30. The average Bonchev–Trinajstić information content (AvgIpc) is 2.22. The van der Waals surface area contributed by atoms with Crippen molar-refractivity contribution < 1.29 is 4.74 Å².